The number of aliphatic imine (C=N–C) groups is 1. The third-order valence-corrected chi connectivity index (χ3v) is 6.60. The molecular formula is C32H34F3N5. The van der Waals surface area contributed by atoms with Crippen LogP contribution in [0.4, 0.5) is 30.4 Å². The quantitative estimate of drug-likeness (QED) is 0.186. The number of aromatic nitrogens is 2. The van der Waals surface area contributed by atoms with Gasteiger partial charge in [0, 0.05) is 24.9 Å². The summed E-state index contributed by atoms with van der Waals surface area (Å²) in [6.07, 6.45) is 4.45. The van der Waals surface area contributed by atoms with Gasteiger partial charge in [0.2, 0.25) is 0 Å². The van der Waals surface area contributed by atoms with Crippen LogP contribution in [0.1, 0.15) is 48.7 Å². The van der Waals surface area contributed by atoms with E-state index < -0.39 is 17.4 Å². The maximum atomic E-state index is 14.1. The molecule has 0 aliphatic carbocycles. The lowest BCUT2D eigenvalue weighted by molar-refractivity contribution is 0.0124. The summed E-state index contributed by atoms with van der Waals surface area (Å²) in [6, 6.07) is 19.1. The summed E-state index contributed by atoms with van der Waals surface area (Å²) in [6.45, 7) is 11.0. The Morgan fingerprint density at radius 3 is 2.45 bits per heavy atom. The molecule has 0 radical (unpaired) electrons. The molecule has 0 unspecified atom stereocenters. The van der Waals surface area contributed by atoms with Crippen LogP contribution in [0.2, 0.25) is 0 Å². The zero-order chi connectivity index (χ0) is 28.9. The summed E-state index contributed by atoms with van der Waals surface area (Å²) >= 11 is 0. The Morgan fingerprint density at radius 1 is 1.02 bits per heavy atom. The predicted molar refractivity (Wildman–Crippen MR) is 158 cm³/mol. The molecule has 208 valence electrons. The van der Waals surface area contributed by atoms with Gasteiger partial charge >= 0.3 is 0 Å². The number of hydrogen-bond acceptors (Lipinski definition) is 4. The van der Waals surface area contributed by atoms with Crippen molar-refractivity contribution < 1.29 is 13.2 Å². The SMILES string of the molecule is C=C(Nc1cccc(CCc2cc(C)c(CC)cc2/N=C\C)c1)Nc1cc(C(C)(F)F)nn1-c1ccc(F)cc1. The molecule has 8 heteroatoms. The van der Waals surface area contributed by atoms with Gasteiger partial charge in [0.1, 0.15) is 23.1 Å². The second-order valence-electron chi connectivity index (χ2n) is 9.77. The van der Waals surface area contributed by atoms with Gasteiger partial charge in [0.15, 0.2) is 0 Å². The molecule has 0 atom stereocenters. The van der Waals surface area contributed by atoms with E-state index in [9.17, 15) is 13.2 Å². The second-order valence-corrected chi connectivity index (χ2v) is 9.77. The molecule has 0 fully saturated rings. The fraction of sp³-hybridized carbons (Fsp3) is 0.250. The van der Waals surface area contributed by atoms with Gasteiger partial charge in [0.05, 0.1) is 11.4 Å². The Labute approximate surface area is 233 Å². The monoisotopic (exact) mass is 545 g/mol. The van der Waals surface area contributed by atoms with Gasteiger partial charge in [-0.25, -0.2) is 9.07 Å². The topological polar surface area (TPSA) is 54.2 Å². The molecule has 4 rings (SSSR count). The van der Waals surface area contributed by atoms with E-state index in [4.69, 9.17) is 0 Å². The number of aryl methyl sites for hydroxylation is 4. The van der Waals surface area contributed by atoms with Crippen molar-refractivity contribution in [1.82, 2.24) is 9.78 Å². The molecule has 0 aliphatic heterocycles. The Kier molecular flexibility index (Phi) is 8.77. The van der Waals surface area contributed by atoms with E-state index in [2.05, 4.69) is 59.4 Å². The lowest BCUT2D eigenvalue weighted by Gasteiger charge is -2.15. The first-order valence-corrected chi connectivity index (χ1v) is 13.2. The average molecular weight is 546 g/mol. The number of nitrogens with one attached hydrogen (secondary N) is 2. The number of anilines is 2. The van der Waals surface area contributed by atoms with E-state index >= 15 is 0 Å². The first kappa shape index (κ1) is 28.7. The summed E-state index contributed by atoms with van der Waals surface area (Å²) < 4.78 is 42.9. The van der Waals surface area contributed by atoms with Crippen LogP contribution in [-0.2, 0) is 25.2 Å². The molecule has 0 saturated heterocycles. The van der Waals surface area contributed by atoms with E-state index in [0.717, 1.165) is 43.1 Å². The van der Waals surface area contributed by atoms with Gasteiger partial charge in [-0.1, -0.05) is 31.7 Å². The van der Waals surface area contributed by atoms with Crippen LogP contribution in [0.3, 0.4) is 0 Å². The highest BCUT2D eigenvalue weighted by Crippen LogP contribution is 2.30. The van der Waals surface area contributed by atoms with Crippen LogP contribution < -0.4 is 10.6 Å². The fourth-order valence-electron chi connectivity index (χ4n) is 4.55. The minimum absolute atomic E-state index is 0.270. The minimum atomic E-state index is -3.15. The number of alkyl halides is 2. The number of rotatable bonds is 11. The van der Waals surface area contributed by atoms with Crippen molar-refractivity contribution in [1.29, 1.82) is 0 Å². The summed E-state index contributed by atoms with van der Waals surface area (Å²) in [4.78, 5) is 4.59. The third kappa shape index (κ3) is 7.00. The molecule has 40 heavy (non-hydrogen) atoms. The highest BCUT2D eigenvalue weighted by atomic mass is 19.3. The molecule has 5 nitrogen and oxygen atoms in total. The van der Waals surface area contributed by atoms with Gasteiger partial charge in [-0.2, -0.15) is 13.9 Å². The second kappa shape index (κ2) is 12.2. The molecule has 0 spiro atoms. The van der Waals surface area contributed by atoms with E-state index in [1.807, 2.05) is 31.3 Å². The van der Waals surface area contributed by atoms with Crippen LogP contribution in [0.25, 0.3) is 5.69 Å². The Hall–Kier alpha value is -4.33. The van der Waals surface area contributed by atoms with Crippen molar-refractivity contribution in [3.63, 3.8) is 0 Å². The molecule has 1 aromatic heterocycles. The van der Waals surface area contributed by atoms with Gasteiger partial charge in [-0.3, -0.25) is 4.99 Å². The van der Waals surface area contributed by atoms with Crippen molar-refractivity contribution in [2.45, 2.75) is 52.9 Å². The number of benzene rings is 3. The van der Waals surface area contributed by atoms with E-state index in [-0.39, 0.29) is 5.82 Å². The van der Waals surface area contributed by atoms with Gasteiger partial charge in [-0.05, 0) is 97.8 Å². The number of halogens is 3. The van der Waals surface area contributed by atoms with Crippen molar-refractivity contribution in [3.8, 4) is 5.69 Å². The van der Waals surface area contributed by atoms with Crippen LogP contribution in [-0.4, -0.2) is 16.0 Å². The molecule has 0 saturated carbocycles. The van der Waals surface area contributed by atoms with Gasteiger partial charge in [0.25, 0.3) is 5.92 Å². The summed E-state index contributed by atoms with van der Waals surface area (Å²) in [5.41, 5.74) is 6.73. The summed E-state index contributed by atoms with van der Waals surface area (Å²) in [5.74, 6) is -2.94. The van der Waals surface area contributed by atoms with Gasteiger partial charge < -0.3 is 10.6 Å². The molecule has 0 aliphatic rings. The molecule has 4 aromatic rings. The Balaban J connectivity index is 1.49. The zero-order valence-electron chi connectivity index (χ0n) is 23.2. The molecular weight excluding hydrogens is 511 g/mol. The van der Waals surface area contributed by atoms with Crippen molar-refractivity contribution >= 4 is 23.4 Å². The molecule has 3 aromatic carbocycles. The normalized spacial score (nSPS) is 11.7. The Bertz CT molecular complexity index is 1510. The highest BCUT2D eigenvalue weighted by Gasteiger charge is 2.29. The molecule has 1 heterocycles. The van der Waals surface area contributed by atoms with Crippen molar-refractivity contribution in [2.24, 2.45) is 4.99 Å². The maximum Gasteiger partial charge on any atom is 0.288 e. The third-order valence-electron chi connectivity index (χ3n) is 6.60. The Morgan fingerprint density at radius 2 is 1.77 bits per heavy atom. The van der Waals surface area contributed by atoms with Crippen LogP contribution in [0.15, 0.2) is 84.1 Å². The lowest BCUT2D eigenvalue weighted by Crippen LogP contribution is -2.12. The van der Waals surface area contributed by atoms with Crippen LogP contribution in [0, 0.1) is 12.7 Å². The molecule has 0 amide bonds. The minimum Gasteiger partial charge on any atom is -0.342 e. The molecule has 0 bridgehead atoms. The van der Waals surface area contributed by atoms with E-state index in [0.29, 0.717) is 11.5 Å². The number of hydrogen-bond donors (Lipinski definition) is 2. The zero-order valence-corrected chi connectivity index (χ0v) is 23.2. The predicted octanol–water partition coefficient (Wildman–Crippen LogP) is 8.50. The fourth-order valence-corrected chi connectivity index (χ4v) is 4.55. The smallest absolute Gasteiger partial charge is 0.288 e. The van der Waals surface area contributed by atoms with Crippen molar-refractivity contribution in [2.75, 3.05) is 10.6 Å². The standard InChI is InChI=1S/C32H34F3N5/c1-6-24-19-29(36-7-2)25(17-21(24)3)12-11-23-9-8-10-27(18-23)37-22(4)38-31-20-30(32(5,34)35)39-40(31)28-15-13-26(33)14-16-28/h7-10,13-20,37-38H,4,6,11-12H2,1-3,5H3/b36-7-. The largest absolute Gasteiger partial charge is 0.342 e. The maximum absolute atomic E-state index is 14.1. The first-order chi connectivity index (χ1) is 19.1. The van der Waals surface area contributed by atoms with Crippen LogP contribution in [0.5, 0.6) is 0 Å². The van der Waals surface area contributed by atoms with E-state index in [1.54, 1.807) is 0 Å². The summed E-state index contributed by atoms with van der Waals surface area (Å²) in [7, 11) is 0. The summed E-state index contributed by atoms with van der Waals surface area (Å²) in [5, 5.41) is 10.3. The van der Waals surface area contributed by atoms with E-state index in [1.165, 1.54) is 51.7 Å². The first-order valence-electron chi connectivity index (χ1n) is 13.2. The van der Waals surface area contributed by atoms with Crippen LogP contribution >= 0.6 is 0 Å². The lowest BCUT2D eigenvalue weighted by atomic mass is 9.97. The highest BCUT2D eigenvalue weighted by molar-refractivity contribution is 5.64. The average Bonchev–Trinajstić information content (AvgIpc) is 3.33. The van der Waals surface area contributed by atoms with Gasteiger partial charge in [-0.15, -0.1) is 0 Å². The van der Waals surface area contributed by atoms with Crippen molar-refractivity contribution in [3.05, 3.63) is 113 Å². The number of nitrogens with zero attached hydrogens (tertiary/aromatic N) is 3. The molecule has 2 N–H and O–H groups in total.